The average molecular weight is 325 g/mol. The molecule has 0 bridgehead atoms. The molecule has 0 radical (unpaired) electrons. The highest BCUT2D eigenvalue weighted by atomic mass is 35.5. The van der Waals surface area contributed by atoms with Crippen molar-refractivity contribution < 1.29 is 4.79 Å². The summed E-state index contributed by atoms with van der Waals surface area (Å²) in [5, 5.41) is 6.51. The SMILES string of the molecule is CCc1ccccc1CNC(=O)CC(C)C1CCCNC1.Cl. The second-order valence-electron chi connectivity index (χ2n) is 6.19. The van der Waals surface area contributed by atoms with Crippen molar-refractivity contribution in [1.82, 2.24) is 10.6 Å². The zero-order chi connectivity index (χ0) is 15.1. The van der Waals surface area contributed by atoms with Gasteiger partial charge in [-0.25, -0.2) is 0 Å². The number of benzene rings is 1. The van der Waals surface area contributed by atoms with Crippen molar-refractivity contribution in [2.75, 3.05) is 13.1 Å². The quantitative estimate of drug-likeness (QED) is 0.843. The van der Waals surface area contributed by atoms with Gasteiger partial charge < -0.3 is 10.6 Å². The Morgan fingerprint density at radius 3 is 2.73 bits per heavy atom. The number of aryl methyl sites for hydroxylation is 1. The molecule has 2 unspecified atom stereocenters. The number of rotatable bonds is 6. The highest BCUT2D eigenvalue weighted by Crippen LogP contribution is 2.22. The van der Waals surface area contributed by atoms with Gasteiger partial charge in [-0.2, -0.15) is 0 Å². The van der Waals surface area contributed by atoms with Gasteiger partial charge in [0.15, 0.2) is 0 Å². The molecule has 1 aromatic rings. The summed E-state index contributed by atoms with van der Waals surface area (Å²) in [5.41, 5.74) is 2.56. The van der Waals surface area contributed by atoms with Crippen molar-refractivity contribution >= 4 is 18.3 Å². The summed E-state index contributed by atoms with van der Waals surface area (Å²) in [7, 11) is 0. The van der Waals surface area contributed by atoms with Crippen LogP contribution in [0.2, 0.25) is 0 Å². The molecule has 2 rings (SSSR count). The van der Waals surface area contributed by atoms with E-state index in [4.69, 9.17) is 0 Å². The number of piperidine rings is 1. The smallest absolute Gasteiger partial charge is 0.220 e. The molecule has 4 heteroatoms. The van der Waals surface area contributed by atoms with E-state index in [0.717, 1.165) is 19.5 Å². The van der Waals surface area contributed by atoms with Crippen molar-refractivity contribution in [3.05, 3.63) is 35.4 Å². The Kier molecular flexibility index (Phi) is 8.51. The first-order valence-electron chi connectivity index (χ1n) is 8.25. The topological polar surface area (TPSA) is 41.1 Å². The number of hydrogen-bond acceptors (Lipinski definition) is 2. The monoisotopic (exact) mass is 324 g/mol. The summed E-state index contributed by atoms with van der Waals surface area (Å²) in [6.45, 7) is 7.20. The van der Waals surface area contributed by atoms with E-state index in [0.29, 0.717) is 24.8 Å². The van der Waals surface area contributed by atoms with Crippen LogP contribution in [0.3, 0.4) is 0 Å². The van der Waals surface area contributed by atoms with Crippen LogP contribution in [0.25, 0.3) is 0 Å². The molecule has 1 fully saturated rings. The number of carbonyl (C=O) groups excluding carboxylic acids is 1. The highest BCUT2D eigenvalue weighted by molar-refractivity contribution is 5.85. The van der Waals surface area contributed by atoms with E-state index in [-0.39, 0.29) is 18.3 Å². The van der Waals surface area contributed by atoms with E-state index >= 15 is 0 Å². The van der Waals surface area contributed by atoms with Gasteiger partial charge in [-0.15, -0.1) is 12.4 Å². The Morgan fingerprint density at radius 2 is 2.09 bits per heavy atom. The van der Waals surface area contributed by atoms with Crippen LogP contribution < -0.4 is 10.6 Å². The van der Waals surface area contributed by atoms with Crippen molar-refractivity contribution in [3.8, 4) is 0 Å². The zero-order valence-electron chi connectivity index (χ0n) is 13.7. The Labute approximate surface area is 140 Å². The van der Waals surface area contributed by atoms with E-state index in [2.05, 4.69) is 42.7 Å². The third-order valence-corrected chi connectivity index (χ3v) is 4.62. The van der Waals surface area contributed by atoms with E-state index in [1.165, 1.54) is 24.0 Å². The molecule has 124 valence electrons. The van der Waals surface area contributed by atoms with Gasteiger partial charge in [0.1, 0.15) is 0 Å². The lowest BCUT2D eigenvalue weighted by Gasteiger charge is -2.28. The van der Waals surface area contributed by atoms with Crippen molar-refractivity contribution in [2.24, 2.45) is 11.8 Å². The van der Waals surface area contributed by atoms with Crippen LogP contribution in [0, 0.1) is 11.8 Å². The van der Waals surface area contributed by atoms with Gasteiger partial charge in [0.2, 0.25) is 5.91 Å². The van der Waals surface area contributed by atoms with Gasteiger partial charge in [0.25, 0.3) is 0 Å². The fourth-order valence-electron chi connectivity index (χ4n) is 3.16. The van der Waals surface area contributed by atoms with Crippen molar-refractivity contribution in [1.29, 1.82) is 0 Å². The van der Waals surface area contributed by atoms with Crippen LogP contribution >= 0.6 is 12.4 Å². The van der Waals surface area contributed by atoms with Crippen LogP contribution in [-0.4, -0.2) is 19.0 Å². The van der Waals surface area contributed by atoms with Gasteiger partial charge in [-0.05, 0) is 55.3 Å². The van der Waals surface area contributed by atoms with E-state index in [1.807, 2.05) is 6.07 Å². The third kappa shape index (κ3) is 5.62. The lowest BCUT2D eigenvalue weighted by Crippen LogP contribution is -2.35. The molecule has 1 aromatic carbocycles. The highest BCUT2D eigenvalue weighted by Gasteiger charge is 2.21. The number of halogens is 1. The maximum Gasteiger partial charge on any atom is 0.220 e. The minimum atomic E-state index is 0. The lowest BCUT2D eigenvalue weighted by molar-refractivity contribution is -0.122. The molecule has 0 spiro atoms. The maximum absolute atomic E-state index is 12.1. The normalized spacial score (nSPS) is 19.1. The van der Waals surface area contributed by atoms with Gasteiger partial charge in [-0.3, -0.25) is 4.79 Å². The van der Waals surface area contributed by atoms with E-state index < -0.39 is 0 Å². The van der Waals surface area contributed by atoms with Gasteiger partial charge in [0.05, 0.1) is 0 Å². The summed E-state index contributed by atoms with van der Waals surface area (Å²) in [5.74, 6) is 1.28. The molecular weight excluding hydrogens is 296 g/mol. The number of hydrogen-bond donors (Lipinski definition) is 2. The molecule has 0 saturated carbocycles. The molecule has 1 aliphatic heterocycles. The second kappa shape index (κ2) is 9.86. The van der Waals surface area contributed by atoms with Crippen molar-refractivity contribution in [3.63, 3.8) is 0 Å². The molecular formula is C18H29ClN2O. The first kappa shape index (κ1) is 19.0. The number of amides is 1. The summed E-state index contributed by atoms with van der Waals surface area (Å²) in [6.07, 6.45) is 4.14. The summed E-state index contributed by atoms with van der Waals surface area (Å²) in [6, 6.07) is 8.34. The Morgan fingerprint density at radius 1 is 1.36 bits per heavy atom. The first-order valence-corrected chi connectivity index (χ1v) is 8.25. The first-order chi connectivity index (χ1) is 10.2. The molecule has 0 aliphatic carbocycles. The number of nitrogens with one attached hydrogen (secondary N) is 2. The van der Waals surface area contributed by atoms with Gasteiger partial charge >= 0.3 is 0 Å². The van der Waals surface area contributed by atoms with E-state index in [1.54, 1.807) is 0 Å². The van der Waals surface area contributed by atoms with Gasteiger partial charge in [-0.1, -0.05) is 38.1 Å². The van der Waals surface area contributed by atoms with Crippen LogP contribution in [0.5, 0.6) is 0 Å². The van der Waals surface area contributed by atoms with Gasteiger partial charge in [0, 0.05) is 13.0 Å². The largest absolute Gasteiger partial charge is 0.352 e. The van der Waals surface area contributed by atoms with E-state index in [9.17, 15) is 4.79 Å². The molecule has 1 amide bonds. The predicted molar refractivity (Wildman–Crippen MR) is 94.3 cm³/mol. The molecule has 22 heavy (non-hydrogen) atoms. The van der Waals surface area contributed by atoms with Crippen LogP contribution in [0.4, 0.5) is 0 Å². The molecule has 1 heterocycles. The van der Waals surface area contributed by atoms with Crippen LogP contribution in [0.1, 0.15) is 44.2 Å². The summed E-state index contributed by atoms with van der Waals surface area (Å²) < 4.78 is 0. The second-order valence-corrected chi connectivity index (χ2v) is 6.19. The fourth-order valence-corrected chi connectivity index (χ4v) is 3.16. The molecule has 2 N–H and O–H groups in total. The summed E-state index contributed by atoms with van der Waals surface area (Å²) >= 11 is 0. The predicted octanol–water partition coefficient (Wildman–Crippen LogP) is 3.31. The zero-order valence-corrected chi connectivity index (χ0v) is 14.5. The van der Waals surface area contributed by atoms with Crippen LogP contribution in [0.15, 0.2) is 24.3 Å². The summed E-state index contributed by atoms with van der Waals surface area (Å²) in [4.78, 5) is 12.1. The Hall–Kier alpha value is -1.06. The fraction of sp³-hybridized carbons (Fsp3) is 0.611. The molecule has 0 aromatic heterocycles. The molecule has 3 nitrogen and oxygen atoms in total. The Bertz CT molecular complexity index is 458. The standard InChI is InChI=1S/C18H28N2O.ClH/c1-3-15-7-4-5-8-17(15)13-20-18(21)11-14(2)16-9-6-10-19-12-16;/h4-5,7-8,14,16,19H,3,6,9-13H2,1-2H3,(H,20,21);1H. The third-order valence-electron chi connectivity index (χ3n) is 4.62. The van der Waals surface area contributed by atoms with Crippen molar-refractivity contribution in [2.45, 2.75) is 46.1 Å². The van der Waals surface area contributed by atoms with Crippen LogP contribution in [-0.2, 0) is 17.8 Å². The molecule has 1 saturated heterocycles. The number of carbonyl (C=O) groups is 1. The Balaban J connectivity index is 0.00000242. The molecule has 1 aliphatic rings. The minimum Gasteiger partial charge on any atom is -0.352 e. The minimum absolute atomic E-state index is 0. The average Bonchev–Trinajstić information content (AvgIpc) is 2.54. The maximum atomic E-state index is 12.1. The lowest BCUT2D eigenvalue weighted by atomic mass is 9.85. The molecule has 2 atom stereocenters.